The fourth-order valence-electron chi connectivity index (χ4n) is 4.95. The molecule has 3 N–H and O–H groups in total. The van der Waals surface area contributed by atoms with Crippen molar-refractivity contribution in [3.63, 3.8) is 0 Å². The molecule has 11 heteroatoms. The summed E-state index contributed by atoms with van der Waals surface area (Å²) in [6.07, 6.45) is -4.81. The first kappa shape index (κ1) is 24.4. The van der Waals surface area contributed by atoms with Gasteiger partial charge in [0.2, 0.25) is 0 Å². The molecule has 2 heterocycles. The Kier molecular flexibility index (Phi) is 7.53. The Morgan fingerprint density at radius 3 is 2.79 bits per heavy atom. The molecule has 0 aliphatic carbocycles. The number of carbonyl (C=O) groups excluding carboxylic acids is 1. The van der Waals surface area contributed by atoms with Crippen molar-refractivity contribution in [2.75, 3.05) is 62.8 Å². The number of likely N-dealkylation sites (tertiary alicyclic amines) is 1. The Morgan fingerprint density at radius 2 is 2.08 bits per heavy atom. The van der Waals surface area contributed by atoms with E-state index >= 15 is 0 Å². The number of hydrogen-bond donors (Lipinski definition) is 3. The molecule has 1 saturated heterocycles. The van der Waals surface area contributed by atoms with E-state index < -0.39 is 43.9 Å². The monoisotopic (exact) mass is 550 g/mol. The van der Waals surface area contributed by atoms with E-state index in [-0.39, 0.29) is 36.5 Å². The zero-order chi connectivity index (χ0) is 30.7. The van der Waals surface area contributed by atoms with Crippen molar-refractivity contribution in [1.82, 2.24) is 10.2 Å². The Labute approximate surface area is 230 Å². The molecular formula is C28H33F4N5O2. The van der Waals surface area contributed by atoms with Crippen molar-refractivity contribution in [3.05, 3.63) is 47.5 Å². The van der Waals surface area contributed by atoms with Gasteiger partial charge in [0.25, 0.3) is 5.91 Å². The second-order valence-electron chi connectivity index (χ2n) is 9.65. The predicted molar refractivity (Wildman–Crippen MR) is 144 cm³/mol. The van der Waals surface area contributed by atoms with Gasteiger partial charge in [-0.05, 0) is 43.8 Å². The van der Waals surface area contributed by atoms with E-state index in [1.54, 1.807) is 18.2 Å². The Balaban J connectivity index is 1.53. The van der Waals surface area contributed by atoms with Crippen LogP contribution >= 0.6 is 0 Å². The standard InChI is InChI=1S/C28H33F4N5O2/c1-33-27(38)18-9-10-24(26(14-18)39-3)34-12-5-6-19-15-20-22(35-23-11-13-36(2)16-21(23)29)7-4-8-25(20)37(19)17-28(30,31)32/h4,7-10,14,19,21,23,34-35H,11-13,15-17H2,1-3H3,(H,33,38)/t19?,21-,23+/m0/s1/i3D3. The highest BCUT2D eigenvalue weighted by atomic mass is 19.4. The van der Waals surface area contributed by atoms with Gasteiger partial charge in [-0.1, -0.05) is 17.9 Å². The molecule has 3 atom stereocenters. The first-order chi connectivity index (χ1) is 19.7. The van der Waals surface area contributed by atoms with Gasteiger partial charge < -0.3 is 30.5 Å². The number of rotatable bonds is 7. The number of fused-ring (bicyclic) bond motifs is 1. The van der Waals surface area contributed by atoms with Crippen LogP contribution in [0, 0.1) is 11.8 Å². The van der Waals surface area contributed by atoms with Gasteiger partial charge in [-0.3, -0.25) is 4.79 Å². The van der Waals surface area contributed by atoms with Gasteiger partial charge >= 0.3 is 6.18 Å². The summed E-state index contributed by atoms with van der Waals surface area (Å²) in [5, 5.41) is 8.60. The van der Waals surface area contributed by atoms with Crippen molar-refractivity contribution in [2.45, 2.75) is 37.3 Å². The molecule has 0 saturated carbocycles. The molecule has 4 rings (SSSR count). The third kappa shape index (κ3) is 6.87. The smallest absolute Gasteiger partial charge is 0.405 e. The van der Waals surface area contributed by atoms with Crippen LogP contribution < -0.4 is 25.6 Å². The van der Waals surface area contributed by atoms with Gasteiger partial charge in [0.15, 0.2) is 0 Å². The van der Waals surface area contributed by atoms with E-state index in [4.69, 9.17) is 8.85 Å². The summed E-state index contributed by atoms with van der Waals surface area (Å²) in [7, 11) is 0.499. The second-order valence-corrected chi connectivity index (χ2v) is 9.65. The Hall–Kier alpha value is -3.65. The number of piperidine rings is 1. The van der Waals surface area contributed by atoms with Crippen LogP contribution in [0.5, 0.6) is 5.75 Å². The zero-order valence-electron chi connectivity index (χ0n) is 24.7. The third-order valence-corrected chi connectivity index (χ3v) is 6.89. The van der Waals surface area contributed by atoms with Crippen LogP contribution in [0.25, 0.3) is 0 Å². The molecule has 2 aromatic carbocycles. The third-order valence-electron chi connectivity index (χ3n) is 6.89. The van der Waals surface area contributed by atoms with Crippen LogP contribution in [-0.4, -0.2) is 82.6 Å². The lowest BCUT2D eigenvalue weighted by Crippen LogP contribution is -2.46. The number of anilines is 3. The molecule has 1 fully saturated rings. The van der Waals surface area contributed by atoms with Gasteiger partial charge in [-0.25, -0.2) is 4.39 Å². The highest BCUT2D eigenvalue weighted by molar-refractivity contribution is 5.95. The highest BCUT2D eigenvalue weighted by Gasteiger charge is 2.39. The van der Waals surface area contributed by atoms with Crippen molar-refractivity contribution in [1.29, 1.82) is 0 Å². The van der Waals surface area contributed by atoms with Crippen molar-refractivity contribution in [2.24, 2.45) is 0 Å². The maximum Gasteiger partial charge on any atom is 0.405 e. The maximum absolute atomic E-state index is 14.7. The van der Waals surface area contributed by atoms with Crippen molar-refractivity contribution in [3.8, 4) is 17.6 Å². The van der Waals surface area contributed by atoms with Crippen LogP contribution in [0.3, 0.4) is 0 Å². The first-order valence-electron chi connectivity index (χ1n) is 14.1. The molecule has 0 spiro atoms. The second kappa shape index (κ2) is 12.0. The first-order valence-corrected chi connectivity index (χ1v) is 12.6. The zero-order valence-corrected chi connectivity index (χ0v) is 21.7. The van der Waals surface area contributed by atoms with Crippen molar-refractivity contribution >= 4 is 23.0 Å². The van der Waals surface area contributed by atoms with Gasteiger partial charge in [0.1, 0.15) is 18.5 Å². The largest absolute Gasteiger partial charge is 0.495 e. The van der Waals surface area contributed by atoms with Crippen LogP contribution in [0.4, 0.5) is 34.6 Å². The van der Waals surface area contributed by atoms with E-state index in [1.165, 1.54) is 30.1 Å². The minimum absolute atomic E-state index is 0.0341. The van der Waals surface area contributed by atoms with Crippen LogP contribution in [0.1, 0.15) is 26.5 Å². The minimum atomic E-state index is -4.48. The van der Waals surface area contributed by atoms with E-state index in [0.717, 1.165) is 0 Å². The number of nitrogens with one attached hydrogen (secondary N) is 3. The number of amides is 1. The Bertz CT molecular complexity index is 1350. The molecule has 2 aromatic rings. The maximum atomic E-state index is 14.7. The quantitative estimate of drug-likeness (QED) is 0.359. The average molecular weight is 551 g/mol. The number of benzene rings is 2. The van der Waals surface area contributed by atoms with Gasteiger partial charge in [0, 0.05) is 49.1 Å². The molecule has 2 aliphatic heterocycles. The van der Waals surface area contributed by atoms with Crippen LogP contribution in [0.2, 0.25) is 0 Å². The summed E-state index contributed by atoms with van der Waals surface area (Å²) in [6.45, 7) is -0.245. The summed E-state index contributed by atoms with van der Waals surface area (Å²) in [5.74, 6) is 5.23. The number of hydrogen-bond acceptors (Lipinski definition) is 6. The number of carbonyl (C=O) groups is 1. The molecule has 0 aromatic heterocycles. The van der Waals surface area contributed by atoms with Crippen molar-refractivity contribution < 1.29 is 31.2 Å². The molecule has 0 bridgehead atoms. The SMILES string of the molecule is [2H]C([2H])([2H])Oc1cc(C(=O)NC)ccc1NCC#CC1Cc2c(N[C@@H]3CCN(C)C[C@@H]3F)cccc2N1CC(F)(F)F. The topological polar surface area (TPSA) is 68.9 Å². The highest BCUT2D eigenvalue weighted by Crippen LogP contribution is 2.39. The molecular weight excluding hydrogens is 514 g/mol. The number of ether oxygens (including phenoxy) is 1. The van der Waals surface area contributed by atoms with E-state index in [1.807, 2.05) is 11.9 Å². The van der Waals surface area contributed by atoms with Crippen LogP contribution in [0.15, 0.2) is 36.4 Å². The fourth-order valence-corrected chi connectivity index (χ4v) is 4.95. The summed E-state index contributed by atoms with van der Waals surface area (Å²) in [4.78, 5) is 15.1. The summed E-state index contributed by atoms with van der Waals surface area (Å²) >= 11 is 0. The van der Waals surface area contributed by atoms with E-state index in [2.05, 4.69) is 27.8 Å². The number of methoxy groups -OCH3 is 1. The molecule has 39 heavy (non-hydrogen) atoms. The lowest BCUT2D eigenvalue weighted by molar-refractivity contribution is -0.120. The average Bonchev–Trinajstić information content (AvgIpc) is 3.24. The molecule has 0 radical (unpaired) electrons. The van der Waals surface area contributed by atoms with Crippen LogP contribution in [-0.2, 0) is 6.42 Å². The predicted octanol–water partition coefficient (Wildman–Crippen LogP) is 3.92. The molecule has 1 amide bonds. The van der Waals surface area contributed by atoms with E-state index in [9.17, 15) is 22.4 Å². The van der Waals surface area contributed by atoms with Gasteiger partial charge in [-0.15, -0.1) is 0 Å². The molecule has 7 nitrogen and oxygen atoms in total. The summed E-state index contributed by atoms with van der Waals surface area (Å²) in [5.41, 5.74) is 2.08. The molecule has 1 unspecified atom stereocenters. The number of halogens is 4. The Morgan fingerprint density at radius 1 is 1.26 bits per heavy atom. The lowest BCUT2D eigenvalue weighted by atomic mass is 10.0. The minimum Gasteiger partial charge on any atom is -0.495 e. The normalized spacial score (nSPS) is 22.5. The van der Waals surface area contributed by atoms with Gasteiger partial charge in [0.05, 0.1) is 35.5 Å². The van der Waals surface area contributed by atoms with Gasteiger partial charge in [-0.2, -0.15) is 13.2 Å². The molecule has 2 aliphatic rings. The summed E-state index contributed by atoms with van der Waals surface area (Å²) < 4.78 is 82.7. The molecule has 210 valence electrons. The summed E-state index contributed by atoms with van der Waals surface area (Å²) in [6, 6.07) is 7.99. The number of nitrogens with zero attached hydrogens (tertiary/aromatic N) is 2. The lowest BCUT2D eigenvalue weighted by Gasteiger charge is -2.33. The van der Waals surface area contributed by atoms with E-state index in [0.29, 0.717) is 29.9 Å². The fraction of sp³-hybridized carbons (Fsp3) is 0.464. The number of alkyl halides is 4.